The predicted molar refractivity (Wildman–Crippen MR) is 126 cm³/mol. The van der Waals surface area contributed by atoms with Gasteiger partial charge in [0, 0.05) is 16.5 Å². The third-order valence-electron chi connectivity index (χ3n) is 6.65. The highest BCUT2D eigenvalue weighted by molar-refractivity contribution is 6.28. The third kappa shape index (κ3) is 2.04. The molecule has 3 nitrogen and oxygen atoms in total. The van der Waals surface area contributed by atoms with Gasteiger partial charge in [-0.05, 0) is 46.5 Å². The number of nitrogens with zero attached hydrogens (tertiary/aromatic N) is 1. The summed E-state index contributed by atoms with van der Waals surface area (Å²) in [5.41, 5.74) is 6.44. The van der Waals surface area contributed by atoms with Crippen LogP contribution in [0.3, 0.4) is 0 Å². The van der Waals surface area contributed by atoms with Crippen molar-refractivity contribution in [3.8, 4) is 0 Å². The Labute approximate surface area is 174 Å². The molecule has 1 aliphatic carbocycles. The molecule has 0 saturated carbocycles. The molecule has 1 aliphatic heterocycles. The highest BCUT2D eigenvalue weighted by Crippen LogP contribution is 2.42. The lowest BCUT2D eigenvalue weighted by Crippen LogP contribution is -2.13. The smallest absolute Gasteiger partial charge is 0.0851 e. The van der Waals surface area contributed by atoms with Gasteiger partial charge in [0.25, 0.3) is 0 Å². The maximum absolute atomic E-state index is 3.58. The van der Waals surface area contributed by atoms with E-state index in [1.165, 1.54) is 60.4 Å². The van der Waals surface area contributed by atoms with E-state index in [0.29, 0.717) is 0 Å². The summed E-state index contributed by atoms with van der Waals surface area (Å²) in [6.07, 6.45) is 4.41. The molecule has 144 valence electrons. The van der Waals surface area contributed by atoms with Gasteiger partial charge >= 0.3 is 0 Å². The summed E-state index contributed by atoms with van der Waals surface area (Å²) >= 11 is 0. The maximum atomic E-state index is 3.58. The van der Waals surface area contributed by atoms with E-state index < -0.39 is 0 Å². The Morgan fingerprint density at radius 2 is 1.30 bits per heavy atom. The van der Waals surface area contributed by atoms with E-state index in [1.54, 1.807) is 0 Å². The van der Waals surface area contributed by atoms with Crippen LogP contribution in [-0.4, -0.2) is 11.2 Å². The quantitative estimate of drug-likeness (QED) is 0.364. The molecule has 7 rings (SSSR count). The number of benzene rings is 4. The van der Waals surface area contributed by atoms with Gasteiger partial charge in [-0.25, -0.2) is 0 Å². The van der Waals surface area contributed by atoms with Crippen molar-refractivity contribution in [2.24, 2.45) is 0 Å². The van der Waals surface area contributed by atoms with Crippen LogP contribution in [0.4, 0.5) is 0 Å². The Morgan fingerprint density at radius 3 is 1.97 bits per heavy atom. The van der Waals surface area contributed by atoms with E-state index in [0.717, 1.165) is 19.5 Å². The molecule has 0 unspecified atom stereocenters. The average Bonchev–Trinajstić information content (AvgIpc) is 3.41. The molecule has 1 saturated heterocycles. The van der Waals surface area contributed by atoms with Crippen LogP contribution < -0.4 is 10.6 Å². The molecule has 1 fully saturated rings. The van der Waals surface area contributed by atoms with Gasteiger partial charge < -0.3 is 15.2 Å². The van der Waals surface area contributed by atoms with Crippen LogP contribution in [0.1, 0.15) is 12.8 Å². The lowest BCUT2D eigenvalue weighted by molar-refractivity contribution is 0.839. The van der Waals surface area contributed by atoms with Crippen molar-refractivity contribution in [2.75, 3.05) is 6.67 Å². The minimum atomic E-state index is 0.799. The molecule has 0 bridgehead atoms. The Morgan fingerprint density at radius 1 is 0.667 bits per heavy atom. The van der Waals surface area contributed by atoms with Gasteiger partial charge in [0.2, 0.25) is 0 Å². The van der Waals surface area contributed by atoms with E-state index in [4.69, 9.17) is 0 Å². The van der Waals surface area contributed by atoms with E-state index in [9.17, 15) is 0 Å². The van der Waals surface area contributed by atoms with Crippen molar-refractivity contribution in [3.05, 3.63) is 90.3 Å². The molecule has 0 radical (unpaired) electrons. The fourth-order valence-corrected chi connectivity index (χ4v) is 5.38. The zero-order chi connectivity index (χ0) is 19.7. The number of hydrogen-bond acceptors (Lipinski definition) is 2. The topological polar surface area (TPSA) is 29.0 Å². The molecule has 5 aromatic rings. The highest BCUT2D eigenvalue weighted by Gasteiger charge is 2.25. The summed E-state index contributed by atoms with van der Waals surface area (Å²) < 4.78 is 2.51. The molecule has 2 N–H and O–H groups in total. The molecular formula is C27H21N3. The number of hydrogen-bond donors (Lipinski definition) is 2. The molecular weight excluding hydrogens is 366 g/mol. The monoisotopic (exact) mass is 387 g/mol. The van der Waals surface area contributed by atoms with Crippen molar-refractivity contribution in [1.82, 2.24) is 15.2 Å². The number of nitrogens with one attached hydrogen (secondary N) is 2. The molecule has 0 amide bonds. The van der Waals surface area contributed by atoms with E-state index in [2.05, 4.69) is 94.1 Å². The van der Waals surface area contributed by atoms with E-state index in [1.807, 2.05) is 0 Å². The first kappa shape index (κ1) is 16.1. The average molecular weight is 387 g/mol. The van der Waals surface area contributed by atoms with Crippen LogP contribution in [-0.2, 0) is 0 Å². The van der Waals surface area contributed by atoms with E-state index >= 15 is 0 Å². The fourth-order valence-electron chi connectivity index (χ4n) is 5.38. The lowest BCUT2D eigenvalue weighted by Gasteiger charge is -2.19. The minimum Gasteiger partial charge on any atom is -0.366 e. The van der Waals surface area contributed by atoms with Crippen molar-refractivity contribution < 1.29 is 0 Å². The van der Waals surface area contributed by atoms with Crippen LogP contribution in [0.25, 0.3) is 49.0 Å². The van der Waals surface area contributed by atoms with Gasteiger partial charge in [-0.15, -0.1) is 0 Å². The summed E-state index contributed by atoms with van der Waals surface area (Å²) in [5.74, 6) is 0. The van der Waals surface area contributed by atoms with Crippen LogP contribution in [0, 0.1) is 0 Å². The van der Waals surface area contributed by atoms with Crippen LogP contribution in [0.2, 0.25) is 0 Å². The second kappa shape index (κ2) is 5.90. The number of aromatic nitrogens is 1. The summed E-state index contributed by atoms with van der Waals surface area (Å²) in [7, 11) is 0. The molecule has 3 heteroatoms. The van der Waals surface area contributed by atoms with Gasteiger partial charge in [0.1, 0.15) is 0 Å². The second-order valence-corrected chi connectivity index (χ2v) is 8.21. The van der Waals surface area contributed by atoms with Gasteiger partial charge in [-0.1, -0.05) is 66.7 Å². The fraction of sp³-hybridized carbons (Fsp3) is 0.111. The first-order valence-electron chi connectivity index (χ1n) is 10.7. The summed E-state index contributed by atoms with van der Waals surface area (Å²) in [6, 6.07) is 26.7. The Bertz CT molecular complexity index is 1470. The predicted octanol–water partition coefficient (Wildman–Crippen LogP) is 6.10. The Hall–Kier alpha value is -3.72. The van der Waals surface area contributed by atoms with E-state index in [-0.39, 0.29) is 0 Å². The molecule has 1 aromatic heterocycles. The van der Waals surface area contributed by atoms with Crippen LogP contribution in [0.5, 0.6) is 0 Å². The Kier molecular flexibility index (Phi) is 3.17. The largest absolute Gasteiger partial charge is 0.366 e. The van der Waals surface area contributed by atoms with Gasteiger partial charge in [-0.3, -0.25) is 0 Å². The maximum Gasteiger partial charge on any atom is 0.0851 e. The van der Waals surface area contributed by atoms with Crippen molar-refractivity contribution in [1.29, 1.82) is 0 Å². The van der Waals surface area contributed by atoms with Crippen molar-refractivity contribution >= 4 is 49.0 Å². The molecule has 2 heterocycles. The zero-order valence-corrected chi connectivity index (χ0v) is 16.6. The second-order valence-electron chi connectivity index (χ2n) is 8.21. The molecule has 2 aliphatic rings. The van der Waals surface area contributed by atoms with Crippen molar-refractivity contribution in [2.45, 2.75) is 12.8 Å². The molecule has 0 spiro atoms. The van der Waals surface area contributed by atoms with Gasteiger partial charge in [-0.2, -0.15) is 0 Å². The zero-order valence-electron chi connectivity index (χ0n) is 16.6. The number of fused-ring (bicyclic) bond motifs is 8. The molecule has 4 aromatic carbocycles. The number of rotatable bonds is 1. The lowest BCUT2D eigenvalue weighted by atomic mass is 10.00. The molecule has 30 heavy (non-hydrogen) atoms. The minimum absolute atomic E-state index is 0.799. The van der Waals surface area contributed by atoms with Crippen molar-refractivity contribution in [3.63, 3.8) is 0 Å². The SMILES string of the molecule is C1=C2NCNC2=C(n2c3ccc4ccccc4c3c3c4ccccc4ccc32)CC1. The van der Waals surface area contributed by atoms with Gasteiger partial charge in [0.05, 0.1) is 29.1 Å². The van der Waals surface area contributed by atoms with Crippen LogP contribution in [0.15, 0.2) is 90.3 Å². The highest BCUT2D eigenvalue weighted by atomic mass is 15.2. The standard InChI is InChI=1S/C27H21N3/c1-3-8-19-17(6-1)12-14-22-25(19)26-20-9-4-2-7-18(20)13-15-23(26)30(22)24-11-5-10-21-27(24)29-16-28-21/h1-4,6-10,12-15,28-29H,5,11,16H2. The molecule has 0 atom stereocenters. The Balaban J connectivity index is 1.75. The third-order valence-corrected chi connectivity index (χ3v) is 6.65. The first-order chi connectivity index (χ1) is 14.9. The number of allylic oxidation sites excluding steroid dienone is 2. The normalized spacial score (nSPS) is 16.2. The summed E-state index contributed by atoms with van der Waals surface area (Å²) in [4.78, 5) is 0. The van der Waals surface area contributed by atoms with Gasteiger partial charge in [0.15, 0.2) is 0 Å². The summed E-state index contributed by atoms with van der Waals surface area (Å²) in [6.45, 7) is 0.799. The first-order valence-corrected chi connectivity index (χ1v) is 10.7. The van der Waals surface area contributed by atoms with Crippen LogP contribution >= 0.6 is 0 Å². The summed E-state index contributed by atoms with van der Waals surface area (Å²) in [5, 5.41) is 15.0.